The van der Waals surface area contributed by atoms with E-state index in [9.17, 15) is 4.79 Å². The van der Waals surface area contributed by atoms with Gasteiger partial charge in [-0.25, -0.2) is 4.79 Å². The molecule has 1 N–H and O–H groups in total. The highest BCUT2D eigenvalue weighted by atomic mass is 16.6. The van der Waals surface area contributed by atoms with Gasteiger partial charge in [0.25, 0.3) is 0 Å². The summed E-state index contributed by atoms with van der Waals surface area (Å²) >= 11 is 0. The van der Waals surface area contributed by atoms with Crippen molar-refractivity contribution in [2.24, 2.45) is 0 Å². The molecule has 0 spiro atoms. The molecule has 0 saturated carbocycles. The van der Waals surface area contributed by atoms with Crippen LogP contribution >= 0.6 is 0 Å². The van der Waals surface area contributed by atoms with Crippen LogP contribution in [0.1, 0.15) is 26.7 Å². The fourth-order valence-electron chi connectivity index (χ4n) is 1.49. The van der Waals surface area contributed by atoms with Crippen molar-refractivity contribution in [3.63, 3.8) is 0 Å². The van der Waals surface area contributed by atoms with Gasteiger partial charge in [-0.1, -0.05) is 35.5 Å². The van der Waals surface area contributed by atoms with E-state index in [0.717, 1.165) is 5.56 Å². The first-order chi connectivity index (χ1) is 9.44. The largest absolute Gasteiger partial charge is 0.444 e. The van der Waals surface area contributed by atoms with Gasteiger partial charge in [0.2, 0.25) is 11.7 Å². The van der Waals surface area contributed by atoms with Gasteiger partial charge in [0.05, 0.1) is 0 Å². The minimum atomic E-state index is -0.534. The van der Waals surface area contributed by atoms with E-state index < -0.39 is 11.7 Å². The maximum absolute atomic E-state index is 11.5. The van der Waals surface area contributed by atoms with Crippen LogP contribution in [0.4, 0.5) is 4.79 Å². The number of nitrogens with zero attached hydrogens (tertiary/aromatic N) is 2. The summed E-state index contributed by atoms with van der Waals surface area (Å²) in [7, 11) is 0. The molecule has 0 aliphatic carbocycles. The number of carbonyl (C=O) groups excluding carboxylic acids is 1. The second-order valence-corrected chi connectivity index (χ2v) is 5.23. The van der Waals surface area contributed by atoms with Gasteiger partial charge in [0.1, 0.15) is 12.1 Å². The zero-order valence-corrected chi connectivity index (χ0v) is 11.7. The quantitative estimate of drug-likeness (QED) is 0.932. The number of amides is 1. The molecule has 0 fully saturated rings. The number of hydrogen-bond acceptors (Lipinski definition) is 5. The molecule has 1 amide bonds. The molecular weight excluding hydrogens is 258 g/mol. The average Bonchev–Trinajstić information content (AvgIpc) is 2.84. The zero-order valence-electron chi connectivity index (χ0n) is 11.7. The summed E-state index contributed by atoms with van der Waals surface area (Å²) in [5.41, 5.74) is 0.327. The Kier molecular flexibility index (Phi) is 4.02. The number of aromatic nitrogens is 2. The van der Waals surface area contributed by atoms with Crippen molar-refractivity contribution in [1.82, 2.24) is 15.5 Å². The lowest BCUT2D eigenvalue weighted by Gasteiger charge is -2.19. The third-order valence-corrected chi connectivity index (χ3v) is 2.28. The van der Waals surface area contributed by atoms with Gasteiger partial charge >= 0.3 is 6.09 Å². The van der Waals surface area contributed by atoms with Crippen LogP contribution in [0.2, 0.25) is 0 Å². The molecule has 6 nitrogen and oxygen atoms in total. The maximum Gasteiger partial charge on any atom is 0.408 e. The summed E-state index contributed by atoms with van der Waals surface area (Å²) in [6.07, 6.45) is -0.517. The monoisotopic (exact) mass is 275 g/mol. The SMILES string of the molecule is CC(C)(C)OC(=O)NCc1nc(-c2ccccc2)no1. The standard InChI is InChI=1S/C14H17N3O3/c1-14(2,3)19-13(18)15-9-11-16-12(17-20-11)10-7-5-4-6-8-10/h4-8H,9H2,1-3H3,(H,15,18). The molecule has 2 rings (SSSR count). The van der Waals surface area contributed by atoms with Crippen LogP contribution in [0.3, 0.4) is 0 Å². The second-order valence-electron chi connectivity index (χ2n) is 5.23. The Morgan fingerprint density at radius 1 is 1.30 bits per heavy atom. The summed E-state index contributed by atoms with van der Waals surface area (Å²) in [5, 5.41) is 6.42. The molecule has 0 aliphatic heterocycles. The van der Waals surface area contributed by atoms with E-state index in [1.54, 1.807) is 20.8 Å². The van der Waals surface area contributed by atoms with Crippen molar-refractivity contribution >= 4 is 6.09 Å². The number of hydrogen-bond donors (Lipinski definition) is 1. The molecule has 20 heavy (non-hydrogen) atoms. The summed E-state index contributed by atoms with van der Waals surface area (Å²) in [5.74, 6) is 0.821. The van der Waals surface area contributed by atoms with Crippen LogP contribution in [-0.2, 0) is 11.3 Å². The number of nitrogens with one attached hydrogen (secondary N) is 1. The number of carbonyl (C=O) groups is 1. The smallest absolute Gasteiger partial charge is 0.408 e. The van der Waals surface area contributed by atoms with E-state index in [1.165, 1.54) is 0 Å². The summed E-state index contributed by atoms with van der Waals surface area (Å²) in [6.45, 7) is 5.53. The lowest BCUT2D eigenvalue weighted by molar-refractivity contribution is 0.0518. The Balaban J connectivity index is 1.92. The van der Waals surface area contributed by atoms with E-state index in [0.29, 0.717) is 11.7 Å². The molecule has 0 bridgehead atoms. The predicted molar refractivity (Wildman–Crippen MR) is 72.8 cm³/mol. The number of ether oxygens (including phenoxy) is 1. The van der Waals surface area contributed by atoms with Crippen LogP contribution in [0.15, 0.2) is 34.9 Å². The van der Waals surface area contributed by atoms with Crippen LogP contribution < -0.4 is 5.32 Å². The first-order valence-electron chi connectivity index (χ1n) is 6.29. The number of rotatable bonds is 3. The maximum atomic E-state index is 11.5. The Hall–Kier alpha value is -2.37. The third kappa shape index (κ3) is 4.08. The van der Waals surface area contributed by atoms with Gasteiger partial charge < -0.3 is 14.6 Å². The summed E-state index contributed by atoms with van der Waals surface area (Å²) in [6, 6.07) is 9.47. The first-order valence-corrected chi connectivity index (χ1v) is 6.29. The minimum Gasteiger partial charge on any atom is -0.444 e. The summed E-state index contributed by atoms with van der Waals surface area (Å²) < 4.78 is 10.2. The highest BCUT2D eigenvalue weighted by Crippen LogP contribution is 2.14. The Morgan fingerprint density at radius 2 is 2.00 bits per heavy atom. The van der Waals surface area contributed by atoms with Gasteiger partial charge in [-0.15, -0.1) is 0 Å². The Morgan fingerprint density at radius 3 is 2.65 bits per heavy atom. The van der Waals surface area contributed by atoms with Crippen molar-refractivity contribution in [1.29, 1.82) is 0 Å². The fourth-order valence-corrected chi connectivity index (χ4v) is 1.49. The number of benzene rings is 1. The van der Waals surface area contributed by atoms with Crippen molar-refractivity contribution < 1.29 is 14.1 Å². The van der Waals surface area contributed by atoms with Crippen molar-refractivity contribution in [2.75, 3.05) is 0 Å². The third-order valence-electron chi connectivity index (χ3n) is 2.28. The predicted octanol–water partition coefficient (Wildman–Crippen LogP) is 2.76. The van der Waals surface area contributed by atoms with Crippen molar-refractivity contribution in [3.8, 4) is 11.4 Å². The Bertz CT molecular complexity index is 573. The van der Waals surface area contributed by atoms with E-state index in [-0.39, 0.29) is 6.54 Å². The van der Waals surface area contributed by atoms with Crippen molar-refractivity contribution in [3.05, 3.63) is 36.2 Å². The second kappa shape index (κ2) is 5.73. The lowest BCUT2D eigenvalue weighted by Crippen LogP contribution is -2.32. The molecule has 2 aromatic rings. The highest BCUT2D eigenvalue weighted by molar-refractivity contribution is 5.67. The van der Waals surface area contributed by atoms with Gasteiger partial charge in [0.15, 0.2) is 0 Å². The molecule has 0 aliphatic rings. The van der Waals surface area contributed by atoms with Crippen molar-refractivity contribution in [2.45, 2.75) is 32.9 Å². The molecular formula is C14H17N3O3. The first kappa shape index (κ1) is 14.0. The lowest BCUT2D eigenvalue weighted by atomic mass is 10.2. The van der Waals surface area contributed by atoms with E-state index in [2.05, 4.69) is 15.5 Å². The molecule has 0 radical (unpaired) electrons. The molecule has 0 unspecified atom stereocenters. The van der Waals surface area contributed by atoms with Gasteiger partial charge in [-0.05, 0) is 20.8 Å². The van der Waals surface area contributed by atoms with Crippen LogP contribution in [0.5, 0.6) is 0 Å². The molecule has 6 heteroatoms. The molecule has 106 valence electrons. The normalized spacial score (nSPS) is 11.2. The van der Waals surface area contributed by atoms with Gasteiger partial charge in [-0.3, -0.25) is 0 Å². The Labute approximate surface area is 117 Å². The summed E-state index contributed by atoms with van der Waals surface area (Å²) in [4.78, 5) is 15.7. The average molecular weight is 275 g/mol. The molecule has 1 aromatic carbocycles. The minimum absolute atomic E-state index is 0.134. The van der Waals surface area contributed by atoms with E-state index in [1.807, 2.05) is 30.3 Å². The molecule has 0 saturated heterocycles. The molecule has 1 aromatic heterocycles. The van der Waals surface area contributed by atoms with Crippen LogP contribution in [-0.4, -0.2) is 21.8 Å². The van der Waals surface area contributed by atoms with E-state index >= 15 is 0 Å². The fraction of sp³-hybridized carbons (Fsp3) is 0.357. The zero-order chi connectivity index (χ0) is 14.6. The van der Waals surface area contributed by atoms with E-state index in [4.69, 9.17) is 9.26 Å². The molecule has 0 atom stereocenters. The van der Waals surface area contributed by atoms with Gasteiger partial charge in [0, 0.05) is 5.56 Å². The van der Waals surface area contributed by atoms with Gasteiger partial charge in [-0.2, -0.15) is 4.98 Å². The van der Waals surface area contributed by atoms with Crippen LogP contribution in [0, 0.1) is 0 Å². The number of alkyl carbamates (subject to hydrolysis) is 1. The molecule has 1 heterocycles. The highest BCUT2D eigenvalue weighted by Gasteiger charge is 2.16. The van der Waals surface area contributed by atoms with Crippen LogP contribution in [0.25, 0.3) is 11.4 Å². The topological polar surface area (TPSA) is 77.2 Å².